The van der Waals surface area contributed by atoms with E-state index in [-0.39, 0.29) is 0 Å². The molecule has 7 heteroatoms. The van der Waals surface area contributed by atoms with Gasteiger partial charge in [-0.3, -0.25) is 4.74 Å². The van der Waals surface area contributed by atoms with Crippen LogP contribution in [0.1, 0.15) is 0 Å². The molecule has 74 valence electrons. The van der Waals surface area contributed by atoms with Gasteiger partial charge in [0, 0.05) is 0 Å². The summed E-state index contributed by atoms with van der Waals surface area (Å²) in [7, 11) is 0. The van der Waals surface area contributed by atoms with Crippen LogP contribution in [0.15, 0.2) is 0 Å². The lowest BCUT2D eigenvalue weighted by Gasteiger charge is -2.18. The Morgan fingerprint density at radius 3 is 2.46 bits per heavy atom. The molecule has 2 heterocycles. The van der Waals surface area contributed by atoms with Crippen LogP contribution in [0.4, 0.5) is 0 Å². The summed E-state index contributed by atoms with van der Waals surface area (Å²) in [6.45, 7) is -0.709. The zero-order valence-electron chi connectivity index (χ0n) is 6.38. The average Bonchev–Trinajstić information content (AvgIpc) is 2.59. The molecule has 0 amide bonds. The van der Waals surface area contributed by atoms with E-state index in [9.17, 15) is 15.0 Å². The summed E-state index contributed by atoms with van der Waals surface area (Å²) in [6, 6.07) is 0. The Bertz CT molecular complexity index is 266. The predicted octanol–water partition coefficient (Wildman–Crippen LogP) is -3.33. The summed E-state index contributed by atoms with van der Waals surface area (Å²) in [5.41, 5.74) is 0. The molecule has 0 radical (unpaired) electrons. The fraction of sp³-hybridized carbons (Fsp3) is 0.833. The second-order valence-electron chi connectivity index (χ2n) is 3.02. The van der Waals surface area contributed by atoms with E-state index in [1.54, 1.807) is 0 Å². The van der Waals surface area contributed by atoms with Crippen molar-refractivity contribution in [2.45, 2.75) is 23.8 Å². The zero-order chi connectivity index (χ0) is 9.85. The topological polar surface area (TPSA) is 120 Å². The third kappa shape index (κ3) is 0.825. The van der Waals surface area contributed by atoms with Crippen molar-refractivity contribution in [2.24, 2.45) is 0 Å². The Kier molecular flexibility index (Phi) is 1.49. The molecule has 2 fully saturated rings. The summed E-state index contributed by atoms with van der Waals surface area (Å²) >= 11 is 0. The van der Waals surface area contributed by atoms with Gasteiger partial charge in [0.05, 0.1) is 6.61 Å². The minimum Gasteiger partial charge on any atom is -0.449 e. The Morgan fingerprint density at radius 2 is 2.15 bits per heavy atom. The molecule has 2 aliphatic heterocycles. The first-order valence-electron chi connectivity index (χ1n) is 3.60. The highest BCUT2D eigenvalue weighted by atomic mass is 16.9. The maximum Gasteiger partial charge on any atom is 0.373 e. The van der Waals surface area contributed by atoms with E-state index in [4.69, 9.17) is 10.2 Å². The van der Waals surface area contributed by atoms with Crippen LogP contribution >= 0.6 is 0 Å². The van der Waals surface area contributed by atoms with Crippen molar-refractivity contribution in [2.75, 3.05) is 6.61 Å². The lowest BCUT2D eigenvalue weighted by atomic mass is 10.1. The monoisotopic (exact) mass is 192 g/mol. The minimum atomic E-state index is -2.37. The van der Waals surface area contributed by atoms with Gasteiger partial charge in [0.25, 0.3) is 5.79 Å². The number of carbonyl (C=O) groups excluding carboxylic acids is 1. The maximum absolute atomic E-state index is 10.8. The van der Waals surface area contributed by atoms with Crippen molar-refractivity contribution in [1.82, 2.24) is 0 Å². The van der Waals surface area contributed by atoms with Gasteiger partial charge >= 0.3 is 11.8 Å². The molecule has 2 aliphatic rings. The van der Waals surface area contributed by atoms with Crippen LogP contribution in [-0.4, -0.2) is 56.8 Å². The molecular formula is C6H8O7. The normalized spacial score (nSPS) is 49.8. The number of esters is 1. The third-order valence-corrected chi connectivity index (χ3v) is 2.18. The van der Waals surface area contributed by atoms with E-state index in [0.717, 1.165) is 0 Å². The standard InChI is InChI=1S/C6H8O7/c7-1-2(8)3-5(10)6(11,13-5)4(9)12-3/h2-3,7-8,10-11H,1H2/t2-,3+,5?,6?/m0/s1. The Morgan fingerprint density at radius 1 is 1.54 bits per heavy atom. The van der Waals surface area contributed by atoms with Crippen molar-refractivity contribution in [3.05, 3.63) is 0 Å². The van der Waals surface area contributed by atoms with Gasteiger partial charge < -0.3 is 25.2 Å². The Balaban J connectivity index is 2.22. The number of rotatable bonds is 2. The van der Waals surface area contributed by atoms with E-state index in [1.807, 2.05) is 0 Å². The number of hydrogen-bond acceptors (Lipinski definition) is 7. The summed E-state index contributed by atoms with van der Waals surface area (Å²) < 4.78 is 8.75. The molecule has 2 rings (SSSR count). The molecule has 0 aromatic heterocycles. The second-order valence-corrected chi connectivity index (χ2v) is 3.02. The number of aliphatic hydroxyl groups is 4. The van der Waals surface area contributed by atoms with Gasteiger partial charge in [0.1, 0.15) is 6.10 Å². The van der Waals surface area contributed by atoms with Crippen LogP contribution in [0.3, 0.4) is 0 Å². The molecule has 0 aliphatic carbocycles. The average molecular weight is 192 g/mol. The molecule has 13 heavy (non-hydrogen) atoms. The third-order valence-electron chi connectivity index (χ3n) is 2.18. The number of aliphatic hydroxyl groups excluding tert-OH is 2. The fourth-order valence-corrected chi connectivity index (χ4v) is 1.35. The van der Waals surface area contributed by atoms with Gasteiger partial charge in [0.15, 0.2) is 6.10 Å². The molecule has 0 bridgehead atoms. The Hall–Kier alpha value is -0.730. The summed E-state index contributed by atoms with van der Waals surface area (Å²) in [6.07, 6.45) is -2.93. The molecule has 4 N–H and O–H groups in total. The molecule has 4 atom stereocenters. The van der Waals surface area contributed by atoms with Crippen molar-refractivity contribution in [3.8, 4) is 0 Å². The lowest BCUT2D eigenvalue weighted by Crippen LogP contribution is -2.42. The van der Waals surface area contributed by atoms with Crippen LogP contribution in [0, 0.1) is 0 Å². The first-order valence-corrected chi connectivity index (χ1v) is 3.60. The number of carbonyl (C=O) groups is 1. The van der Waals surface area contributed by atoms with Gasteiger partial charge in [-0.2, -0.15) is 0 Å². The van der Waals surface area contributed by atoms with Gasteiger partial charge in [-0.15, -0.1) is 0 Å². The summed E-state index contributed by atoms with van der Waals surface area (Å²) in [4.78, 5) is 10.8. The smallest absolute Gasteiger partial charge is 0.373 e. The molecule has 2 saturated heterocycles. The van der Waals surface area contributed by atoms with E-state index < -0.39 is 36.4 Å². The number of fused-ring (bicyclic) bond motifs is 1. The highest BCUT2D eigenvalue weighted by Crippen LogP contribution is 2.54. The molecular weight excluding hydrogens is 184 g/mol. The molecule has 2 unspecified atom stereocenters. The molecule has 0 aromatic carbocycles. The van der Waals surface area contributed by atoms with Gasteiger partial charge in [0.2, 0.25) is 0 Å². The predicted molar refractivity (Wildman–Crippen MR) is 34.0 cm³/mol. The molecule has 7 nitrogen and oxygen atoms in total. The molecule has 0 aromatic rings. The van der Waals surface area contributed by atoms with E-state index in [0.29, 0.717) is 0 Å². The van der Waals surface area contributed by atoms with Gasteiger partial charge in [-0.05, 0) is 0 Å². The van der Waals surface area contributed by atoms with E-state index in [2.05, 4.69) is 9.47 Å². The van der Waals surface area contributed by atoms with Crippen LogP contribution in [0.2, 0.25) is 0 Å². The van der Waals surface area contributed by atoms with Crippen LogP contribution in [0.5, 0.6) is 0 Å². The van der Waals surface area contributed by atoms with Crippen LogP contribution in [-0.2, 0) is 14.3 Å². The first-order chi connectivity index (χ1) is 5.95. The number of cyclic esters (lactones) is 1. The van der Waals surface area contributed by atoms with Crippen LogP contribution in [0.25, 0.3) is 0 Å². The van der Waals surface area contributed by atoms with Gasteiger partial charge in [-0.25, -0.2) is 4.79 Å². The van der Waals surface area contributed by atoms with E-state index >= 15 is 0 Å². The number of ether oxygens (including phenoxy) is 2. The van der Waals surface area contributed by atoms with Crippen molar-refractivity contribution < 1.29 is 34.7 Å². The number of epoxide rings is 1. The lowest BCUT2D eigenvalue weighted by molar-refractivity contribution is -0.183. The first kappa shape index (κ1) is 8.85. The summed E-state index contributed by atoms with van der Waals surface area (Å²) in [5.74, 6) is -5.74. The largest absolute Gasteiger partial charge is 0.449 e. The minimum absolute atomic E-state index is 0.709. The fourth-order valence-electron chi connectivity index (χ4n) is 1.35. The molecule has 0 saturated carbocycles. The quantitative estimate of drug-likeness (QED) is 0.267. The summed E-state index contributed by atoms with van der Waals surface area (Å²) in [5, 5.41) is 36.1. The number of hydrogen-bond donors (Lipinski definition) is 4. The van der Waals surface area contributed by atoms with Crippen molar-refractivity contribution in [3.63, 3.8) is 0 Å². The van der Waals surface area contributed by atoms with E-state index in [1.165, 1.54) is 0 Å². The molecule has 0 spiro atoms. The van der Waals surface area contributed by atoms with Crippen molar-refractivity contribution >= 4 is 5.97 Å². The van der Waals surface area contributed by atoms with Crippen LogP contribution < -0.4 is 0 Å². The van der Waals surface area contributed by atoms with Crippen molar-refractivity contribution in [1.29, 1.82) is 0 Å². The second kappa shape index (κ2) is 2.20. The Labute approximate surface area is 72.1 Å². The maximum atomic E-state index is 10.8. The SMILES string of the molecule is O=C1O[C@H]([C@@H](O)CO)C2(O)OC12O. The van der Waals surface area contributed by atoms with Gasteiger partial charge in [-0.1, -0.05) is 0 Å². The zero-order valence-corrected chi connectivity index (χ0v) is 6.38. The highest BCUT2D eigenvalue weighted by molar-refractivity contribution is 5.85. The highest BCUT2D eigenvalue weighted by Gasteiger charge is 2.86.